The summed E-state index contributed by atoms with van der Waals surface area (Å²) in [5, 5.41) is 0. The number of benzene rings is 2. The van der Waals surface area contributed by atoms with Crippen LogP contribution in [0.4, 0.5) is 0 Å². The Balaban J connectivity index is 1.58. The summed E-state index contributed by atoms with van der Waals surface area (Å²) in [7, 11) is 1.61. The first kappa shape index (κ1) is 18.9. The first-order valence-electron chi connectivity index (χ1n) is 9.67. The predicted octanol–water partition coefficient (Wildman–Crippen LogP) is 0.709. The lowest BCUT2D eigenvalue weighted by Crippen LogP contribution is -3.09. The number of nitrogens with one attached hydrogen (secondary N) is 2. The number of H-pyrrole nitrogens is 1. The van der Waals surface area contributed by atoms with Crippen molar-refractivity contribution in [2.75, 3.05) is 6.54 Å². The minimum atomic E-state index is -0.451. The number of imidazole rings is 1. The first-order valence-corrected chi connectivity index (χ1v) is 9.67. The van der Waals surface area contributed by atoms with Gasteiger partial charge in [-0.25, -0.2) is 9.78 Å². The van der Waals surface area contributed by atoms with Gasteiger partial charge in [0.05, 0.1) is 19.4 Å². The number of aryl methyl sites for hydroxylation is 1. The van der Waals surface area contributed by atoms with Crippen molar-refractivity contribution in [3.63, 3.8) is 0 Å². The molecular weight excluding hydrogens is 366 g/mol. The Kier molecular flexibility index (Phi) is 5.39. The van der Waals surface area contributed by atoms with Gasteiger partial charge in [0, 0.05) is 18.2 Å². The van der Waals surface area contributed by atoms with E-state index in [4.69, 9.17) is 0 Å². The van der Waals surface area contributed by atoms with Crippen molar-refractivity contribution < 1.29 is 4.90 Å². The van der Waals surface area contributed by atoms with Gasteiger partial charge in [0.15, 0.2) is 11.2 Å². The number of aromatic amines is 1. The number of hydrogen-bond acceptors (Lipinski definition) is 3. The summed E-state index contributed by atoms with van der Waals surface area (Å²) in [6.45, 7) is 3.22. The van der Waals surface area contributed by atoms with E-state index in [0.29, 0.717) is 17.7 Å². The number of aromatic nitrogens is 4. The lowest BCUT2D eigenvalue weighted by molar-refractivity contribution is -0.928. The van der Waals surface area contributed by atoms with Crippen LogP contribution in [0.5, 0.6) is 0 Å². The molecule has 2 heterocycles. The Labute approximate surface area is 167 Å². The van der Waals surface area contributed by atoms with Crippen molar-refractivity contribution in [2.45, 2.75) is 19.6 Å². The second kappa shape index (κ2) is 8.28. The van der Waals surface area contributed by atoms with Crippen LogP contribution in [0.15, 0.2) is 76.6 Å². The molecule has 0 atom stereocenters. The van der Waals surface area contributed by atoms with Crippen LogP contribution in [-0.4, -0.2) is 25.6 Å². The van der Waals surface area contributed by atoms with E-state index in [-0.39, 0.29) is 0 Å². The van der Waals surface area contributed by atoms with Gasteiger partial charge < -0.3 is 9.47 Å². The van der Waals surface area contributed by atoms with E-state index in [1.807, 2.05) is 16.7 Å². The van der Waals surface area contributed by atoms with Gasteiger partial charge in [-0.05, 0) is 0 Å². The number of quaternary nitrogens is 1. The first-order chi connectivity index (χ1) is 14.1. The summed E-state index contributed by atoms with van der Waals surface area (Å²) < 4.78 is 3.20. The molecule has 7 nitrogen and oxygen atoms in total. The van der Waals surface area contributed by atoms with Gasteiger partial charge >= 0.3 is 5.69 Å². The maximum absolute atomic E-state index is 12.3. The summed E-state index contributed by atoms with van der Waals surface area (Å²) >= 11 is 0. The fraction of sp³-hybridized carbons (Fsp3) is 0.227. The number of fused-ring (bicyclic) bond motifs is 1. The molecule has 0 saturated heterocycles. The SMILES string of the molecule is Cn1c(=O)[nH]c(=O)c2c1ncn2CC[NH+](Cc1ccccc1)Cc1ccccc1. The Hall–Kier alpha value is -3.45. The molecule has 0 aliphatic rings. The average molecular weight is 390 g/mol. The van der Waals surface area contributed by atoms with Gasteiger partial charge in [0.1, 0.15) is 13.1 Å². The Morgan fingerprint density at radius 3 is 2.10 bits per heavy atom. The van der Waals surface area contributed by atoms with Crippen LogP contribution < -0.4 is 16.1 Å². The lowest BCUT2D eigenvalue weighted by atomic mass is 10.1. The van der Waals surface area contributed by atoms with Crippen LogP contribution >= 0.6 is 0 Å². The van der Waals surface area contributed by atoms with E-state index in [1.165, 1.54) is 20.6 Å². The van der Waals surface area contributed by atoms with Crippen LogP contribution in [0.3, 0.4) is 0 Å². The fourth-order valence-electron chi connectivity index (χ4n) is 3.64. The second-order valence-corrected chi connectivity index (χ2v) is 7.25. The van der Waals surface area contributed by atoms with Crippen molar-refractivity contribution >= 4 is 11.2 Å². The molecule has 29 heavy (non-hydrogen) atoms. The highest BCUT2D eigenvalue weighted by atomic mass is 16.2. The van der Waals surface area contributed by atoms with Crippen molar-refractivity contribution in [1.29, 1.82) is 0 Å². The third-order valence-electron chi connectivity index (χ3n) is 5.18. The molecule has 0 aliphatic carbocycles. The zero-order valence-corrected chi connectivity index (χ0v) is 16.3. The molecule has 0 aliphatic heterocycles. The largest absolute Gasteiger partial charge is 0.329 e. The topological polar surface area (TPSA) is 77.1 Å². The molecule has 2 aromatic carbocycles. The molecule has 4 aromatic rings. The molecule has 0 amide bonds. The maximum Gasteiger partial charge on any atom is 0.329 e. The zero-order chi connectivity index (χ0) is 20.2. The number of rotatable bonds is 7. The summed E-state index contributed by atoms with van der Waals surface area (Å²) in [6, 6.07) is 20.8. The minimum absolute atomic E-state index is 0.395. The van der Waals surface area contributed by atoms with E-state index < -0.39 is 11.2 Å². The third kappa shape index (κ3) is 4.20. The normalized spacial score (nSPS) is 11.4. The average Bonchev–Trinajstić information content (AvgIpc) is 3.17. The summed E-state index contributed by atoms with van der Waals surface area (Å²) in [6.07, 6.45) is 1.64. The van der Waals surface area contributed by atoms with Crippen LogP contribution in [0, 0.1) is 0 Å². The molecule has 2 N–H and O–H groups in total. The van der Waals surface area contributed by atoms with Crippen molar-refractivity contribution in [3.05, 3.63) is 99.0 Å². The molecular formula is C22H24N5O2+. The van der Waals surface area contributed by atoms with Gasteiger partial charge in [-0.3, -0.25) is 14.3 Å². The highest BCUT2D eigenvalue weighted by Crippen LogP contribution is 2.04. The standard InChI is InChI=1S/C22H23N5O2/c1-25-20-19(21(28)24-22(25)29)27(16-23-20)13-12-26(14-17-8-4-2-5-9-17)15-18-10-6-3-7-11-18/h2-11,16H,12-15H2,1H3,(H,24,28,29)/p+1. The Morgan fingerprint density at radius 2 is 1.52 bits per heavy atom. The third-order valence-corrected chi connectivity index (χ3v) is 5.18. The smallest absolute Gasteiger partial charge is 0.326 e. The van der Waals surface area contributed by atoms with Gasteiger partial charge in [0.2, 0.25) is 0 Å². The van der Waals surface area contributed by atoms with Crippen molar-refractivity contribution in [3.8, 4) is 0 Å². The molecule has 0 spiro atoms. The minimum Gasteiger partial charge on any atom is -0.326 e. The van der Waals surface area contributed by atoms with Gasteiger partial charge in [-0.1, -0.05) is 60.7 Å². The van der Waals surface area contributed by atoms with E-state index in [2.05, 4.69) is 58.5 Å². The van der Waals surface area contributed by atoms with Gasteiger partial charge in [-0.2, -0.15) is 0 Å². The number of nitrogens with zero attached hydrogens (tertiary/aromatic N) is 3. The van der Waals surface area contributed by atoms with Crippen molar-refractivity contribution in [1.82, 2.24) is 19.1 Å². The van der Waals surface area contributed by atoms with E-state index in [1.54, 1.807) is 13.4 Å². The van der Waals surface area contributed by atoms with E-state index in [9.17, 15) is 9.59 Å². The lowest BCUT2D eigenvalue weighted by Gasteiger charge is -2.20. The van der Waals surface area contributed by atoms with Gasteiger partial charge in [0.25, 0.3) is 5.56 Å². The van der Waals surface area contributed by atoms with Gasteiger partial charge in [-0.15, -0.1) is 0 Å². The van der Waals surface area contributed by atoms with Crippen LogP contribution in [-0.2, 0) is 26.7 Å². The second-order valence-electron chi connectivity index (χ2n) is 7.25. The zero-order valence-electron chi connectivity index (χ0n) is 16.3. The predicted molar refractivity (Wildman–Crippen MR) is 112 cm³/mol. The highest BCUT2D eigenvalue weighted by molar-refractivity contribution is 5.69. The molecule has 0 unspecified atom stereocenters. The summed E-state index contributed by atoms with van der Waals surface area (Å²) in [4.78, 5) is 32.1. The Bertz CT molecular complexity index is 1170. The highest BCUT2D eigenvalue weighted by Gasteiger charge is 2.15. The summed E-state index contributed by atoms with van der Waals surface area (Å²) in [5.41, 5.74) is 2.54. The molecule has 4 rings (SSSR count). The molecule has 0 saturated carbocycles. The van der Waals surface area contributed by atoms with Crippen molar-refractivity contribution in [2.24, 2.45) is 7.05 Å². The molecule has 0 bridgehead atoms. The fourth-order valence-corrected chi connectivity index (χ4v) is 3.64. The van der Waals surface area contributed by atoms with Crippen LogP contribution in [0.2, 0.25) is 0 Å². The maximum atomic E-state index is 12.3. The summed E-state index contributed by atoms with van der Waals surface area (Å²) in [5.74, 6) is 0. The quantitative estimate of drug-likeness (QED) is 0.488. The molecule has 148 valence electrons. The van der Waals surface area contributed by atoms with Crippen LogP contribution in [0.25, 0.3) is 11.2 Å². The molecule has 0 fully saturated rings. The number of hydrogen-bond donors (Lipinski definition) is 2. The Morgan fingerprint density at radius 1 is 0.931 bits per heavy atom. The molecule has 0 radical (unpaired) electrons. The molecule has 2 aromatic heterocycles. The van der Waals surface area contributed by atoms with Crippen LogP contribution in [0.1, 0.15) is 11.1 Å². The molecule has 7 heteroatoms. The van der Waals surface area contributed by atoms with E-state index in [0.717, 1.165) is 19.6 Å². The monoisotopic (exact) mass is 390 g/mol. The van der Waals surface area contributed by atoms with E-state index >= 15 is 0 Å².